The molecule has 4 aromatic rings. The van der Waals surface area contributed by atoms with Crippen LogP contribution >= 0.6 is 22.7 Å². The van der Waals surface area contributed by atoms with Crippen molar-refractivity contribution in [2.45, 2.75) is 6.54 Å². The second kappa shape index (κ2) is 4.68. The molecule has 0 saturated carbocycles. The van der Waals surface area contributed by atoms with Crippen LogP contribution in [0.2, 0.25) is 0 Å². The van der Waals surface area contributed by atoms with Gasteiger partial charge < -0.3 is 9.67 Å². The smallest absolute Gasteiger partial charge is 0.323 e. The van der Waals surface area contributed by atoms with Gasteiger partial charge in [-0.2, -0.15) is 0 Å². The molecule has 0 atom stereocenters. The van der Waals surface area contributed by atoms with Crippen LogP contribution in [-0.4, -0.2) is 20.6 Å². The van der Waals surface area contributed by atoms with Crippen LogP contribution in [0.15, 0.2) is 41.8 Å². The molecule has 0 spiro atoms. The number of hydrogen-bond acceptors (Lipinski definition) is 4. The van der Waals surface area contributed by atoms with Gasteiger partial charge in [-0.15, -0.1) is 22.7 Å². The topological polar surface area (TPSA) is 55.1 Å². The summed E-state index contributed by atoms with van der Waals surface area (Å²) in [5, 5.41) is 11.2. The number of fused-ring (bicyclic) bond motifs is 2. The van der Waals surface area contributed by atoms with E-state index in [1.54, 1.807) is 27.2 Å². The average molecular weight is 314 g/mol. The Bertz CT molecular complexity index is 936. The van der Waals surface area contributed by atoms with Gasteiger partial charge in [0.05, 0.1) is 15.9 Å². The normalized spacial score (nSPS) is 11.4. The minimum Gasteiger partial charge on any atom is -0.480 e. The molecule has 3 heterocycles. The summed E-state index contributed by atoms with van der Waals surface area (Å²) in [6.07, 6.45) is 0. The summed E-state index contributed by atoms with van der Waals surface area (Å²) >= 11 is 3.33. The van der Waals surface area contributed by atoms with Crippen LogP contribution in [0.4, 0.5) is 0 Å². The van der Waals surface area contributed by atoms with Crippen LogP contribution in [0.3, 0.4) is 0 Å². The predicted molar refractivity (Wildman–Crippen MR) is 86.1 cm³/mol. The molecule has 1 N–H and O–H groups in total. The first kappa shape index (κ1) is 12.6. The Morgan fingerprint density at radius 1 is 1.24 bits per heavy atom. The van der Waals surface area contributed by atoms with Crippen LogP contribution in [0.5, 0.6) is 0 Å². The zero-order chi connectivity index (χ0) is 14.4. The Balaban J connectivity index is 1.98. The van der Waals surface area contributed by atoms with Crippen molar-refractivity contribution < 1.29 is 9.90 Å². The number of aromatic nitrogens is 2. The summed E-state index contributed by atoms with van der Waals surface area (Å²) in [5.74, 6) is -0.134. The van der Waals surface area contributed by atoms with Gasteiger partial charge in [-0.1, -0.05) is 12.1 Å². The van der Waals surface area contributed by atoms with Gasteiger partial charge in [0.1, 0.15) is 6.54 Å². The number of aliphatic carboxylic acids is 1. The van der Waals surface area contributed by atoms with E-state index < -0.39 is 5.97 Å². The third kappa shape index (κ3) is 2.03. The molecule has 104 valence electrons. The minimum atomic E-state index is -0.863. The lowest BCUT2D eigenvalue weighted by Crippen LogP contribution is -2.09. The molecule has 6 heteroatoms. The number of nitrogens with zero attached hydrogens (tertiary/aromatic N) is 2. The fourth-order valence-corrected chi connectivity index (χ4v) is 4.54. The maximum absolute atomic E-state index is 11.2. The van der Waals surface area contributed by atoms with Crippen LogP contribution < -0.4 is 0 Å². The number of para-hydroxylation sites is 2. The number of hydrogen-bond donors (Lipinski definition) is 1. The van der Waals surface area contributed by atoms with Gasteiger partial charge >= 0.3 is 5.97 Å². The van der Waals surface area contributed by atoms with Crippen LogP contribution in [0, 0.1) is 0 Å². The lowest BCUT2D eigenvalue weighted by atomic mass is 10.3. The van der Waals surface area contributed by atoms with E-state index >= 15 is 0 Å². The molecule has 3 aromatic heterocycles. The highest BCUT2D eigenvalue weighted by atomic mass is 32.1. The highest BCUT2D eigenvalue weighted by Crippen LogP contribution is 2.37. The Kier molecular flexibility index (Phi) is 2.80. The third-order valence-corrected chi connectivity index (χ3v) is 5.40. The first-order valence-corrected chi connectivity index (χ1v) is 8.06. The molecule has 0 saturated heterocycles. The van der Waals surface area contributed by atoms with E-state index in [4.69, 9.17) is 0 Å². The van der Waals surface area contributed by atoms with Crippen molar-refractivity contribution in [1.82, 2.24) is 9.55 Å². The van der Waals surface area contributed by atoms with Crippen LogP contribution in [0.1, 0.15) is 0 Å². The van der Waals surface area contributed by atoms with E-state index in [1.807, 2.05) is 24.3 Å². The molecule has 0 aliphatic heterocycles. The van der Waals surface area contributed by atoms with Gasteiger partial charge in [-0.05, 0) is 29.6 Å². The fourth-order valence-electron chi connectivity index (χ4n) is 2.43. The highest BCUT2D eigenvalue weighted by Gasteiger charge is 2.16. The monoisotopic (exact) mass is 314 g/mol. The summed E-state index contributed by atoms with van der Waals surface area (Å²) in [5.41, 5.74) is 1.68. The molecular formula is C15H10N2O2S2. The van der Waals surface area contributed by atoms with Gasteiger partial charge in [0.2, 0.25) is 0 Å². The van der Waals surface area contributed by atoms with E-state index in [0.29, 0.717) is 0 Å². The number of benzene rings is 1. The zero-order valence-corrected chi connectivity index (χ0v) is 12.4. The molecule has 4 rings (SSSR count). The maximum Gasteiger partial charge on any atom is 0.323 e. The standard InChI is InChI=1S/C15H10N2O2S2/c18-14(19)8-17-10-4-2-1-3-9(10)16-15(17)13-7-12-11(21-13)5-6-20-12/h1-7H,8H2,(H,18,19). The molecule has 0 radical (unpaired) electrons. The lowest BCUT2D eigenvalue weighted by Gasteiger charge is -2.04. The first-order chi connectivity index (χ1) is 10.2. The first-order valence-electron chi connectivity index (χ1n) is 6.37. The Morgan fingerprint density at radius 2 is 2.10 bits per heavy atom. The number of carboxylic acids is 1. The van der Waals surface area contributed by atoms with Gasteiger partial charge in [0.15, 0.2) is 5.82 Å². The summed E-state index contributed by atoms with van der Waals surface area (Å²) in [6.45, 7) is -0.0819. The van der Waals surface area contributed by atoms with Crippen molar-refractivity contribution in [3.63, 3.8) is 0 Å². The zero-order valence-electron chi connectivity index (χ0n) is 10.8. The van der Waals surface area contributed by atoms with Crippen molar-refractivity contribution in [3.8, 4) is 10.7 Å². The summed E-state index contributed by atoms with van der Waals surface area (Å²) < 4.78 is 4.19. The third-order valence-electron chi connectivity index (χ3n) is 3.31. The number of carbonyl (C=O) groups is 1. The Hall–Kier alpha value is -2.18. The SMILES string of the molecule is O=C(O)Cn1c(-c2cc3sccc3s2)nc2ccccc21. The van der Waals surface area contributed by atoms with E-state index in [1.165, 1.54) is 9.40 Å². The van der Waals surface area contributed by atoms with Gasteiger partial charge in [0.25, 0.3) is 0 Å². The van der Waals surface area contributed by atoms with Gasteiger partial charge in [-0.25, -0.2) is 4.98 Å². The molecule has 0 bridgehead atoms. The summed E-state index contributed by atoms with van der Waals surface area (Å²) in [6, 6.07) is 11.8. The summed E-state index contributed by atoms with van der Waals surface area (Å²) in [7, 11) is 0. The molecule has 0 unspecified atom stereocenters. The van der Waals surface area contributed by atoms with Gasteiger partial charge in [-0.3, -0.25) is 4.79 Å². The second-order valence-electron chi connectivity index (χ2n) is 4.66. The fraction of sp³-hybridized carbons (Fsp3) is 0.0667. The lowest BCUT2D eigenvalue weighted by molar-refractivity contribution is -0.137. The van der Waals surface area contributed by atoms with Gasteiger partial charge in [0, 0.05) is 9.40 Å². The second-order valence-corrected chi connectivity index (χ2v) is 6.70. The predicted octanol–water partition coefficient (Wildman–Crippen LogP) is 4.06. The molecule has 0 aliphatic carbocycles. The quantitative estimate of drug-likeness (QED) is 0.620. The molecule has 1 aromatic carbocycles. The number of rotatable bonds is 3. The van der Waals surface area contributed by atoms with E-state index in [-0.39, 0.29) is 6.54 Å². The number of imidazole rings is 1. The summed E-state index contributed by atoms with van der Waals surface area (Å²) in [4.78, 5) is 16.8. The Labute approximate surface area is 127 Å². The largest absolute Gasteiger partial charge is 0.480 e. The van der Waals surface area contributed by atoms with Crippen molar-refractivity contribution in [1.29, 1.82) is 0 Å². The van der Waals surface area contributed by atoms with Crippen molar-refractivity contribution in [2.75, 3.05) is 0 Å². The number of thiophene rings is 2. The molecule has 0 fully saturated rings. The molecular weight excluding hydrogens is 304 g/mol. The molecule has 0 amide bonds. The minimum absolute atomic E-state index is 0.0819. The van der Waals surface area contributed by atoms with Crippen LogP contribution in [0.25, 0.3) is 31.1 Å². The van der Waals surface area contributed by atoms with E-state index in [9.17, 15) is 9.90 Å². The molecule has 0 aliphatic rings. The van der Waals surface area contributed by atoms with Crippen molar-refractivity contribution >= 4 is 49.1 Å². The van der Waals surface area contributed by atoms with E-state index in [2.05, 4.69) is 22.5 Å². The maximum atomic E-state index is 11.2. The molecule has 21 heavy (non-hydrogen) atoms. The highest BCUT2D eigenvalue weighted by molar-refractivity contribution is 7.28. The Morgan fingerprint density at radius 3 is 2.90 bits per heavy atom. The van der Waals surface area contributed by atoms with Crippen molar-refractivity contribution in [3.05, 3.63) is 41.8 Å². The number of carboxylic acid groups (broad SMARTS) is 1. The van der Waals surface area contributed by atoms with Crippen molar-refractivity contribution in [2.24, 2.45) is 0 Å². The van der Waals surface area contributed by atoms with Crippen LogP contribution in [-0.2, 0) is 11.3 Å². The average Bonchev–Trinajstić information content (AvgIpc) is 3.11. The van der Waals surface area contributed by atoms with E-state index in [0.717, 1.165) is 21.7 Å². The molecule has 4 nitrogen and oxygen atoms in total.